The molecule has 138 valence electrons. The number of hydrogen-bond donors (Lipinski definition) is 2. The Kier molecular flexibility index (Phi) is 4.13. The van der Waals surface area contributed by atoms with Crippen molar-refractivity contribution in [2.45, 2.75) is 51.1 Å². The van der Waals surface area contributed by atoms with Crippen LogP contribution in [-0.2, 0) is 24.2 Å². The van der Waals surface area contributed by atoms with Crippen molar-refractivity contribution in [2.75, 3.05) is 13.1 Å². The number of piperidine rings is 1. The fraction of sp³-hybridized carbons (Fsp3) is 0.600. The molecule has 3 aliphatic rings. The Morgan fingerprint density at radius 1 is 1.38 bits per heavy atom. The molecule has 1 saturated heterocycles. The summed E-state index contributed by atoms with van der Waals surface area (Å²) >= 11 is 1.72. The van der Waals surface area contributed by atoms with Gasteiger partial charge in [-0.1, -0.05) is 0 Å². The molecular weight excluding hydrogens is 344 g/mol. The first-order chi connectivity index (χ1) is 12.8. The molecule has 26 heavy (non-hydrogen) atoms. The number of aromatic amines is 1. The van der Waals surface area contributed by atoms with Crippen molar-refractivity contribution in [3.05, 3.63) is 39.8 Å². The fourth-order valence-electron chi connectivity index (χ4n) is 5.00. The molecule has 2 N–H and O–H groups in total. The maximum atomic E-state index is 13.5. The largest absolute Gasteiger partial charge is 0.335 e. The van der Waals surface area contributed by atoms with Gasteiger partial charge in [-0.25, -0.2) is 0 Å². The smallest absolute Gasteiger partial charge is 0.226 e. The third-order valence-electron chi connectivity index (χ3n) is 6.71. The van der Waals surface area contributed by atoms with Gasteiger partial charge in [-0.15, -0.1) is 0 Å². The number of aromatic nitrogens is 2. The Labute approximate surface area is 158 Å². The summed E-state index contributed by atoms with van der Waals surface area (Å²) in [4.78, 5) is 15.8. The fourth-order valence-corrected chi connectivity index (χ4v) is 5.66. The summed E-state index contributed by atoms with van der Waals surface area (Å²) in [5.74, 6) is 0.456. The minimum absolute atomic E-state index is 0.0981. The summed E-state index contributed by atoms with van der Waals surface area (Å²) in [6.07, 6.45) is 8.26. The third kappa shape index (κ3) is 2.89. The molecule has 0 bridgehead atoms. The summed E-state index contributed by atoms with van der Waals surface area (Å²) in [7, 11) is 0. The highest BCUT2D eigenvalue weighted by atomic mass is 32.1. The van der Waals surface area contributed by atoms with Gasteiger partial charge in [0.2, 0.25) is 5.91 Å². The van der Waals surface area contributed by atoms with E-state index in [0.717, 1.165) is 44.6 Å². The van der Waals surface area contributed by atoms with E-state index in [4.69, 9.17) is 0 Å². The van der Waals surface area contributed by atoms with Crippen LogP contribution in [0, 0.1) is 11.3 Å². The Morgan fingerprint density at radius 2 is 2.27 bits per heavy atom. The lowest BCUT2D eigenvalue weighted by Crippen LogP contribution is -2.43. The molecule has 1 spiro atoms. The van der Waals surface area contributed by atoms with Gasteiger partial charge in [-0.05, 0) is 78.6 Å². The molecule has 0 aromatic carbocycles. The van der Waals surface area contributed by atoms with Crippen LogP contribution in [0.5, 0.6) is 0 Å². The van der Waals surface area contributed by atoms with Gasteiger partial charge in [0.15, 0.2) is 0 Å². The molecule has 2 aromatic rings. The molecule has 2 aromatic heterocycles. The van der Waals surface area contributed by atoms with Crippen LogP contribution in [0.4, 0.5) is 0 Å². The molecule has 2 aliphatic carbocycles. The van der Waals surface area contributed by atoms with Crippen molar-refractivity contribution in [3.63, 3.8) is 0 Å². The van der Waals surface area contributed by atoms with Crippen molar-refractivity contribution in [2.24, 2.45) is 11.3 Å². The van der Waals surface area contributed by atoms with Gasteiger partial charge in [0.05, 0.1) is 6.20 Å². The van der Waals surface area contributed by atoms with E-state index in [9.17, 15) is 4.79 Å². The number of aryl methyl sites for hydroxylation is 1. The minimum Gasteiger partial charge on any atom is -0.335 e. The zero-order valence-corrected chi connectivity index (χ0v) is 15.9. The highest BCUT2D eigenvalue weighted by Crippen LogP contribution is 2.56. The van der Waals surface area contributed by atoms with E-state index in [0.29, 0.717) is 17.4 Å². The zero-order chi connectivity index (χ0) is 17.6. The molecule has 1 saturated carbocycles. The molecule has 2 atom stereocenters. The van der Waals surface area contributed by atoms with Crippen LogP contribution in [0.15, 0.2) is 23.0 Å². The quantitative estimate of drug-likeness (QED) is 0.870. The predicted octanol–water partition coefficient (Wildman–Crippen LogP) is 2.75. The first kappa shape index (κ1) is 16.5. The SMILES string of the molecule is O=C([C@@H]1CCc2cn[nH]c2C1)N(Cc1ccsc1)[C@H]1CC12CCNCC2. The lowest BCUT2D eigenvalue weighted by molar-refractivity contribution is -0.138. The van der Waals surface area contributed by atoms with Crippen LogP contribution in [0.3, 0.4) is 0 Å². The first-order valence-corrected chi connectivity index (χ1v) is 10.7. The maximum absolute atomic E-state index is 13.5. The number of amides is 1. The van der Waals surface area contributed by atoms with E-state index < -0.39 is 0 Å². The van der Waals surface area contributed by atoms with Crippen LogP contribution < -0.4 is 5.32 Å². The maximum Gasteiger partial charge on any atom is 0.226 e. The number of carbonyl (C=O) groups is 1. The van der Waals surface area contributed by atoms with Gasteiger partial charge in [0.25, 0.3) is 0 Å². The molecular formula is C20H26N4OS. The number of fused-ring (bicyclic) bond motifs is 1. The van der Waals surface area contributed by atoms with Gasteiger partial charge in [0.1, 0.15) is 0 Å². The predicted molar refractivity (Wildman–Crippen MR) is 102 cm³/mol. The molecule has 5 rings (SSSR count). The third-order valence-corrected chi connectivity index (χ3v) is 7.44. The number of rotatable bonds is 4. The van der Waals surface area contributed by atoms with Crippen molar-refractivity contribution < 1.29 is 4.79 Å². The van der Waals surface area contributed by atoms with Gasteiger partial charge < -0.3 is 10.2 Å². The normalized spacial score (nSPS) is 26.5. The second-order valence-electron chi connectivity index (χ2n) is 8.24. The van der Waals surface area contributed by atoms with Crippen molar-refractivity contribution in [1.82, 2.24) is 20.4 Å². The number of H-pyrrole nitrogens is 1. The van der Waals surface area contributed by atoms with Crippen LogP contribution in [0.2, 0.25) is 0 Å². The van der Waals surface area contributed by atoms with Crippen molar-refractivity contribution in [1.29, 1.82) is 0 Å². The van der Waals surface area contributed by atoms with Crippen molar-refractivity contribution in [3.8, 4) is 0 Å². The van der Waals surface area contributed by atoms with E-state index in [-0.39, 0.29) is 5.92 Å². The summed E-state index contributed by atoms with van der Waals surface area (Å²) in [5.41, 5.74) is 4.11. The lowest BCUT2D eigenvalue weighted by Gasteiger charge is -2.33. The van der Waals surface area contributed by atoms with Crippen LogP contribution >= 0.6 is 11.3 Å². The monoisotopic (exact) mass is 370 g/mol. The van der Waals surface area contributed by atoms with Gasteiger partial charge >= 0.3 is 0 Å². The number of nitrogens with zero attached hydrogens (tertiary/aromatic N) is 2. The Bertz CT molecular complexity index is 778. The second kappa shape index (κ2) is 6.50. The average Bonchev–Trinajstić information content (AvgIpc) is 3.08. The van der Waals surface area contributed by atoms with E-state index in [1.54, 1.807) is 11.3 Å². The Hall–Kier alpha value is -1.66. The number of nitrogens with one attached hydrogen (secondary N) is 2. The van der Waals surface area contributed by atoms with Gasteiger partial charge in [-0.2, -0.15) is 16.4 Å². The molecule has 6 heteroatoms. The van der Waals surface area contributed by atoms with Crippen molar-refractivity contribution >= 4 is 17.2 Å². The van der Waals surface area contributed by atoms with E-state index in [1.807, 2.05) is 6.20 Å². The minimum atomic E-state index is 0.0981. The van der Waals surface area contributed by atoms with Crippen LogP contribution in [0.25, 0.3) is 0 Å². The average molecular weight is 371 g/mol. The highest BCUT2D eigenvalue weighted by molar-refractivity contribution is 7.07. The first-order valence-electron chi connectivity index (χ1n) is 9.79. The molecule has 0 radical (unpaired) electrons. The van der Waals surface area contributed by atoms with E-state index in [2.05, 4.69) is 37.2 Å². The molecule has 1 aliphatic heterocycles. The molecule has 2 fully saturated rings. The van der Waals surface area contributed by atoms with E-state index >= 15 is 0 Å². The number of thiophene rings is 1. The Morgan fingerprint density at radius 3 is 3.08 bits per heavy atom. The standard InChI is InChI=1S/C20H26N4OS/c25-19(15-1-2-16-11-22-23-17(16)9-15)24(12-14-3-8-26-13-14)18-10-20(18)4-6-21-7-5-20/h3,8,11,13,15,18,21H,1-2,4-7,9-10,12H2,(H,22,23)/t15-,18+/m1/s1. The molecule has 1 amide bonds. The summed E-state index contributed by atoms with van der Waals surface area (Å²) in [5, 5.41) is 15.0. The molecule has 5 nitrogen and oxygen atoms in total. The summed E-state index contributed by atoms with van der Waals surface area (Å²) in [6.45, 7) is 2.96. The second-order valence-corrected chi connectivity index (χ2v) is 9.02. The Balaban J connectivity index is 1.36. The van der Waals surface area contributed by atoms with Crippen LogP contribution in [-0.4, -0.2) is 40.1 Å². The number of carbonyl (C=O) groups excluding carboxylic acids is 1. The van der Waals surface area contributed by atoms with Crippen LogP contribution in [0.1, 0.15) is 42.5 Å². The van der Waals surface area contributed by atoms with Gasteiger partial charge in [0, 0.05) is 30.6 Å². The topological polar surface area (TPSA) is 61.0 Å². The molecule has 3 heterocycles. The highest BCUT2D eigenvalue weighted by Gasteiger charge is 2.58. The summed E-state index contributed by atoms with van der Waals surface area (Å²) < 4.78 is 0. The molecule has 0 unspecified atom stereocenters. The van der Waals surface area contributed by atoms with E-state index in [1.165, 1.54) is 30.4 Å². The summed E-state index contributed by atoms with van der Waals surface area (Å²) in [6, 6.07) is 2.59. The number of hydrogen-bond acceptors (Lipinski definition) is 4. The lowest BCUT2D eigenvalue weighted by atomic mass is 9.86. The zero-order valence-electron chi connectivity index (χ0n) is 15.0. The van der Waals surface area contributed by atoms with Gasteiger partial charge in [-0.3, -0.25) is 9.89 Å².